The first-order valence-electron chi connectivity index (χ1n) is 9.93. The Hall–Kier alpha value is -3.33. The number of nitrogens with one attached hydrogen (secondary N) is 1. The van der Waals surface area contributed by atoms with E-state index in [0.29, 0.717) is 0 Å². The molecule has 1 N–H and O–H groups in total. The quantitative estimate of drug-likeness (QED) is 0.440. The zero-order chi connectivity index (χ0) is 20.1. The highest BCUT2D eigenvalue weighted by molar-refractivity contribution is 6.18. The van der Waals surface area contributed by atoms with Crippen LogP contribution in [0.2, 0.25) is 0 Å². The first kappa shape index (κ1) is 17.8. The fraction of sp³-hybridized carbons (Fsp3) is 0.115. The van der Waals surface area contributed by atoms with E-state index in [4.69, 9.17) is 7.98 Å². The Balaban J connectivity index is 1.93. The van der Waals surface area contributed by atoms with Crippen molar-refractivity contribution in [3.8, 4) is 0 Å². The molecule has 0 aliphatic carbocycles. The molecule has 2 radical (unpaired) electrons. The van der Waals surface area contributed by atoms with Gasteiger partial charge in [0.1, 0.15) is 0 Å². The van der Waals surface area contributed by atoms with Crippen LogP contribution in [0.3, 0.4) is 0 Å². The normalized spacial score (nSPS) is 15.1. The highest BCUT2D eigenvalue weighted by atomic mass is 15.0. The monoisotopic (exact) mass is 373 g/mol. The van der Waals surface area contributed by atoms with E-state index >= 15 is 0 Å². The summed E-state index contributed by atoms with van der Waals surface area (Å²) in [5.74, 6) is 0. The van der Waals surface area contributed by atoms with Crippen LogP contribution in [0.5, 0.6) is 0 Å². The zero-order valence-corrected chi connectivity index (χ0v) is 17.0. The summed E-state index contributed by atoms with van der Waals surface area (Å²) >= 11 is 0. The van der Waals surface area contributed by atoms with Gasteiger partial charge in [0.2, 0.25) is 0 Å². The minimum absolute atomic E-state index is 1.04. The van der Waals surface area contributed by atoms with Gasteiger partial charge >= 0.3 is 7.98 Å². The van der Waals surface area contributed by atoms with Crippen LogP contribution in [0.15, 0.2) is 72.8 Å². The molecule has 0 spiro atoms. The molecule has 138 valence electrons. The largest absolute Gasteiger partial charge is 0.587 e. The molecule has 4 aromatic rings. The molecule has 2 heterocycles. The molecule has 3 aromatic carbocycles. The third-order valence-corrected chi connectivity index (χ3v) is 5.91. The van der Waals surface area contributed by atoms with Crippen LogP contribution in [0.4, 0.5) is 0 Å². The van der Waals surface area contributed by atoms with Crippen molar-refractivity contribution in [3.63, 3.8) is 0 Å². The summed E-state index contributed by atoms with van der Waals surface area (Å²) in [4.78, 5) is 3.66. The third-order valence-electron chi connectivity index (χ3n) is 5.91. The van der Waals surface area contributed by atoms with E-state index in [1.165, 1.54) is 27.5 Å². The number of nitrogens with zero attached hydrogens (tertiary/aromatic N) is 1. The van der Waals surface area contributed by atoms with Gasteiger partial charge in [-0.15, -0.1) is 0 Å². The first-order valence-corrected chi connectivity index (χ1v) is 9.93. The standard InChI is InChI=1S/C26H22BN2/c1-16-12-14-19(15-13-16)24(25-22-10-6-4-8-20(22)17(2)28-25)26-23-11-7-5-9-21(23)18(3)29(26)27/h4-15,28H,1-3H3/q+1. The number of hydrogen-bond donors (Lipinski definition) is 1. The number of hydrogen-bond acceptors (Lipinski definition) is 0. The van der Waals surface area contributed by atoms with Crippen LogP contribution in [-0.2, 0) is 0 Å². The Morgan fingerprint density at radius 3 is 2.10 bits per heavy atom. The van der Waals surface area contributed by atoms with Crippen LogP contribution >= 0.6 is 0 Å². The molecule has 1 aliphatic heterocycles. The molecule has 3 heteroatoms. The number of aromatic amines is 1. The van der Waals surface area contributed by atoms with Gasteiger partial charge in [-0.25, -0.2) is 0 Å². The van der Waals surface area contributed by atoms with Crippen molar-refractivity contribution in [2.75, 3.05) is 0 Å². The van der Waals surface area contributed by atoms with Gasteiger partial charge < -0.3 is 4.98 Å². The Kier molecular flexibility index (Phi) is 4.06. The van der Waals surface area contributed by atoms with Crippen LogP contribution < -0.4 is 0 Å². The van der Waals surface area contributed by atoms with Gasteiger partial charge in [0.05, 0.1) is 22.4 Å². The summed E-state index contributed by atoms with van der Waals surface area (Å²) in [5.41, 5.74) is 10.2. The molecular formula is C26H22BN2+. The molecule has 0 atom stereocenters. The molecule has 1 aliphatic rings. The summed E-state index contributed by atoms with van der Waals surface area (Å²) in [5, 5.41) is 2.45. The molecule has 2 nitrogen and oxygen atoms in total. The van der Waals surface area contributed by atoms with Gasteiger partial charge in [-0.1, -0.05) is 66.2 Å². The maximum absolute atomic E-state index is 6.65. The van der Waals surface area contributed by atoms with Crippen molar-refractivity contribution in [1.82, 2.24) is 4.98 Å². The smallest absolute Gasteiger partial charge is 0.357 e. The van der Waals surface area contributed by atoms with Crippen molar-refractivity contribution < 1.29 is 4.49 Å². The molecule has 0 fully saturated rings. The average molecular weight is 373 g/mol. The molecule has 0 unspecified atom stereocenters. The number of aryl methyl sites for hydroxylation is 2. The van der Waals surface area contributed by atoms with Gasteiger partial charge in [-0.05, 0) is 31.5 Å². The maximum atomic E-state index is 6.65. The summed E-state index contributed by atoms with van der Waals surface area (Å²) in [6, 6.07) is 25.7. The lowest BCUT2D eigenvalue weighted by atomic mass is 9.93. The van der Waals surface area contributed by atoms with Crippen LogP contribution in [0.1, 0.15) is 40.6 Å². The minimum Gasteiger partial charge on any atom is -0.357 e. The average Bonchev–Trinajstić information content (AvgIpc) is 3.20. The molecular weight excluding hydrogens is 351 g/mol. The van der Waals surface area contributed by atoms with Crippen LogP contribution in [0.25, 0.3) is 22.0 Å². The lowest BCUT2D eigenvalue weighted by Crippen LogP contribution is -2.09. The van der Waals surface area contributed by atoms with E-state index in [0.717, 1.165) is 33.9 Å². The minimum atomic E-state index is 1.04. The van der Waals surface area contributed by atoms with Crippen molar-refractivity contribution in [1.29, 1.82) is 0 Å². The van der Waals surface area contributed by atoms with E-state index in [1.54, 1.807) is 0 Å². The lowest BCUT2D eigenvalue weighted by Gasteiger charge is -2.11. The van der Waals surface area contributed by atoms with E-state index in [2.05, 4.69) is 98.6 Å². The maximum Gasteiger partial charge on any atom is 0.587 e. The fourth-order valence-electron chi connectivity index (χ4n) is 4.35. The van der Waals surface area contributed by atoms with Gasteiger partial charge in [0.25, 0.3) is 0 Å². The molecule has 1 aromatic heterocycles. The number of H-pyrrole nitrogens is 1. The molecule has 0 saturated heterocycles. The van der Waals surface area contributed by atoms with E-state index in [1.807, 2.05) is 4.49 Å². The Bertz CT molecular complexity index is 1320. The van der Waals surface area contributed by atoms with Crippen LogP contribution in [0, 0.1) is 13.8 Å². The Morgan fingerprint density at radius 1 is 0.759 bits per heavy atom. The lowest BCUT2D eigenvalue weighted by molar-refractivity contribution is -0.251. The number of benzene rings is 3. The summed E-state index contributed by atoms with van der Waals surface area (Å²) in [6.07, 6.45) is 0. The summed E-state index contributed by atoms with van der Waals surface area (Å²) < 4.78 is 1.84. The second-order valence-electron chi connectivity index (χ2n) is 7.76. The van der Waals surface area contributed by atoms with Crippen molar-refractivity contribution >= 4 is 35.7 Å². The molecule has 0 bridgehead atoms. The second kappa shape index (κ2) is 6.63. The van der Waals surface area contributed by atoms with Gasteiger partial charge in [0, 0.05) is 23.4 Å². The van der Waals surface area contributed by atoms with Crippen molar-refractivity contribution in [3.05, 3.63) is 106 Å². The predicted octanol–water partition coefficient (Wildman–Crippen LogP) is 5.62. The van der Waals surface area contributed by atoms with Gasteiger partial charge in [0.15, 0.2) is 11.4 Å². The van der Waals surface area contributed by atoms with Crippen molar-refractivity contribution in [2.24, 2.45) is 0 Å². The third kappa shape index (κ3) is 2.69. The van der Waals surface area contributed by atoms with Gasteiger partial charge in [-0.3, -0.25) is 4.49 Å². The number of aromatic nitrogens is 1. The summed E-state index contributed by atoms with van der Waals surface area (Å²) in [7, 11) is 6.65. The highest BCUT2D eigenvalue weighted by Gasteiger charge is 2.33. The fourth-order valence-corrected chi connectivity index (χ4v) is 4.35. The SMILES string of the molecule is [B][N+]1=C(C)c2ccccc2/C1=C(\c1ccc(C)cc1)c1[nH]c(C)c2ccccc12. The molecule has 0 amide bonds. The van der Waals surface area contributed by atoms with E-state index < -0.39 is 0 Å². The predicted molar refractivity (Wildman–Crippen MR) is 122 cm³/mol. The molecule has 5 rings (SSSR count). The first-order chi connectivity index (χ1) is 14.1. The highest BCUT2D eigenvalue weighted by Crippen LogP contribution is 2.40. The summed E-state index contributed by atoms with van der Waals surface area (Å²) in [6.45, 7) is 6.32. The topological polar surface area (TPSA) is 18.8 Å². The number of fused-ring (bicyclic) bond motifs is 2. The Morgan fingerprint density at radius 2 is 1.38 bits per heavy atom. The number of rotatable bonds is 2. The van der Waals surface area contributed by atoms with E-state index in [9.17, 15) is 0 Å². The zero-order valence-electron chi connectivity index (χ0n) is 17.0. The van der Waals surface area contributed by atoms with Crippen molar-refractivity contribution in [2.45, 2.75) is 20.8 Å². The second-order valence-corrected chi connectivity index (χ2v) is 7.76. The Labute approximate surface area is 172 Å². The molecule has 29 heavy (non-hydrogen) atoms. The van der Waals surface area contributed by atoms with E-state index in [-0.39, 0.29) is 0 Å². The molecule has 0 saturated carbocycles. The van der Waals surface area contributed by atoms with Gasteiger partial charge in [-0.2, -0.15) is 0 Å². The van der Waals surface area contributed by atoms with Crippen LogP contribution in [-0.4, -0.2) is 23.2 Å².